The average Bonchev–Trinajstić information content (AvgIpc) is 3.05. The smallest absolute Gasteiger partial charge is 0.230 e. The van der Waals surface area contributed by atoms with Gasteiger partial charge in [-0.25, -0.2) is 9.98 Å². The molecule has 0 aliphatic rings. The second-order valence-corrected chi connectivity index (χ2v) is 8.28. The fourth-order valence-corrected chi connectivity index (χ4v) is 3.30. The number of para-hydroxylation sites is 2. The van der Waals surface area contributed by atoms with Crippen molar-refractivity contribution >= 4 is 23.2 Å². The Morgan fingerprint density at radius 2 is 1.62 bits per heavy atom. The van der Waals surface area contributed by atoms with Gasteiger partial charge in [-0.15, -0.1) is 0 Å². The van der Waals surface area contributed by atoms with Crippen LogP contribution in [-0.4, -0.2) is 20.9 Å². The summed E-state index contributed by atoms with van der Waals surface area (Å²) in [7, 11) is 0. The molecule has 1 heterocycles. The zero-order valence-electron chi connectivity index (χ0n) is 17.0. The van der Waals surface area contributed by atoms with Crippen LogP contribution in [0.4, 0.5) is 5.95 Å². The Morgan fingerprint density at radius 3 is 2.31 bits per heavy atom. The predicted octanol–water partition coefficient (Wildman–Crippen LogP) is 5.84. The van der Waals surface area contributed by atoms with Crippen LogP contribution in [0.1, 0.15) is 37.5 Å². The summed E-state index contributed by atoms with van der Waals surface area (Å²) >= 11 is 0. The first kappa shape index (κ1) is 18.9. The molecule has 0 unspecified atom stereocenters. The summed E-state index contributed by atoms with van der Waals surface area (Å²) < 4.78 is 2.14. The second-order valence-electron chi connectivity index (χ2n) is 8.28. The van der Waals surface area contributed by atoms with E-state index in [1.165, 1.54) is 11.1 Å². The van der Waals surface area contributed by atoms with E-state index < -0.39 is 0 Å². The molecule has 0 radical (unpaired) electrons. The molecule has 0 spiro atoms. The van der Waals surface area contributed by atoms with E-state index in [0.717, 1.165) is 16.6 Å². The lowest BCUT2D eigenvalue weighted by atomic mass is 9.87. The van der Waals surface area contributed by atoms with Gasteiger partial charge in [0.1, 0.15) is 5.75 Å². The molecule has 0 fully saturated rings. The Morgan fingerprint density at radius 1 is 0.931 bits per heavy atom. The summed E-state index contributed by atoms with van der Waals surface area (Å²) in [6.07, 6.45) is 1.78. The third-order valence-corrected chi connectivity index (χ3v) is 5.02. The Balaban J connectivity index is 1.69. The molecule has 4 aromatic rings. The number of hydrogen-bond acceptors (Lipinski definition) is 3. The third kappa shape index (κ3) is 4.21. The summed E-state index contributed by atoms with van der Waals surface area (Å²) in [5.74, 6) is 0.910. The van der Waals surface area contributed by atoms with Crippen LogP contribution in [0.15, 0.2) is 77.8 Å². The molecule has 0 aliphatic carbocycles. The van der Waals surface area contributed by atoms with Gasteiger partial charge < -0.3 is 9.67 Å². The Bertz CT molecular complexity index is 1150. The standard InChI is InChI=1S/C25H25N3O/c1-25(2,3)20-12-8-19(9-13-20)17-28-23-7-5-4-6-22(23)27-24(28)26-16-18-10-14-21(29)15-11-18/h4-16,29H,17H2,1-3H3. The normalized spacial score (nSPS) is 12.1. The summed E-state index contributed by atoms with van der Waals surface area (Å²) in [5.41, 5.74) is 5.57. The largest absolute Gasteiger partial charge is 0.508 e. The zero-order valence-corrected chi connectivity index (χ0v) is 17.0. The van der Waals surface area contributed by atoms with Crippen LogP contribution in [0.5, 0.6) is 5.75 Å². The maximum absolute atomic E-state index is 9.45. The lowest BCUT2D eigenvalue weighted by Gasteiger charge is -2.19. The number of nitrogens with zero attached hydrogens (tertiary/aromatic N) is 3. The molecule has 1 N–H and O–H groups in total. The van der Waals surface area contributed by atoms with Crippen molar-refractivity contribution in [3.63, 3.8) is 0 Å². The number of phenols is 1. The molecule has 0 saturated heterocycles. The molecular weight excluding hydrogens is 358 g/mol. The predicted molar refractivity (Wildman–Crippen MR) is 119 cm³/mol. The molecule has 0 saturated carbocycles. The monoisotopic (exact) mass is 383 g/mol. The van der Waals surface area contributed by atoms with Crippen LogP contribution in [0.3, 0.4) is 0 Å². The summed E-state index contributed by atoms with van der Waals surface area (Å²) in [6.45, 7) is 7.37. The highest BCUT2D eigenvalue weighted by Crippen LogP contribution is 2.25. The number of aliphatic imine (C=N–C) groups is 1. The Kier molecular flexibility index (Phi) is 4.93. The average molecular weight is 383 g/mol. The van der Waals surface area contributed by atoms with Crippen molar-refractivity contribution in [2.45, 2.75) is 32.7 Å². The molecule has 4 rings (SSSR count). The number of rotatable bonds is 4. The zero-order chi connectivity index (χ0) is 20.4. The van der Waals surface area contributed by atoms with E-state index in [1.54, 1.807) is 18.3 Å². The highest BCUT2D eigenvalue weighted by Gasteiger charge is 2.14. The lowest BCUT2D eigenvalue weighted by Crippen LogP contribution is -2.11. The molecule has 0 bridgehead atoms. The van der Waals surface area contributed by atoms with Gasteiger partial charge in [0.25, 0.3) is 0 Å². The van der Waals surface area contributed by atoms with E-state index in [0.29, 0.717) is 12.5 Å². The van der Waals surface area contributed by atoms with Crippen molar-refractivity contribution in [2.75, 3.05) is 0 Å². The topological polar surface area (TPSA) is 50.4 Å². The maximum atomic E-state index is 9.45. The van der Waals surface area contributed by atoms with E-state index in [4.69, 9.17) is 4.98 Å². The number of phenolic OH excluding ortho intramolecular Hbond substituents is 1. The fourth-order valence-electron chi connectivity index (χ4n) is 3.30. The van der Waals surface area contributed by atoms with Crippen molar-refractivity contribution in [2.24, 2.45) is 4.99 Å². The van der Waals surface area contributed by atoms with Crippen molar-refractivity contribution in [3.05, 3.63) is 89.5 Å². The highest BCUT2D eigenvalue weighted by atomic mass is 16.3. The first-order chi connectivity index (χ1) is 13.9. The number of hydrogen-bond donors (Lipinski definition) is 1. The minimum Gasteiger partial charge on any atom is -0.508 e. The maximum Gasteiger partial charge on any atom is 0.230 e. The van der Waals surface area contributed by atoms with E-state index >= 15 is 0 Å². The van der Waals surface area contributed by atoms with Crippen LogP contribution < -0.4 is 0 Å². The van der Waals surface area contributed by atoms with Gasteiger partial charge in [-0.1, -0.05) is 57.2 Å². The quantitative estimate of drug-likeness (QED) is 0.450. The van der Waals surface area contributed by atoms with Crippen molar-refractivity contribution in [3.8, 4) is 5.75 Å². The lowest BCUT2D eigenvalue weighted by molar-refractivity contribution is 0.475. The van der Waals surface area contributed by atoms with Gasteiger partial charge in [0.05, 0.1) is 17.6 Å². The van der Waals surface area contributed by atoms with Gasteiger partial charge in [-0.2, -0.15) is 0 Å². The Labute approximate surface area is 171 Å². The Hall–Kier alpha value is -3.40. The summed E-state index contributed by atoms with van der Waals surface area (Å²) in [6, 6.07) is 23.8. The van der Waals surface area contributed by atoms with Crippen LogP contribution in [-0.2, 0) is 12.0 Å². The first-order valence-corrected chi connectivity index (χ1v) is 9.78. The number of fused-ring (bicyclic) bond motifs is 1. The molecule has 3 aromatic carbocycles. The molecular formula is C25H25N3O. The van der Waals surface area contributed by atoms with E-state index in [2.05, 4.69) is 60.7 Å². The summed E-state index contributed by atoms with van der Waals surface area (Å²) in [5, 5.41) is 9.45. The molecule has 0 atom stereocenters. The van der Waals surface area contributed by atoms with Gasteiger partial charge in [-0.3, -0.25) is 0 Å². The van der Waals surface area contributed by atoms with Crippen LogP contribution >= 0.6 is 0 Å². The van der Waals surface area contributed by atoms with Gasteiger partial charge in [-0.05, 0) is 58.5 Å². The molecule has 1 aromatic heterocycles. The van der Waals surface area contributed by atoms with Gasteiger partial charge >= 0.3 is 0 Å². The molecule has 146 valence electrons. The summed E-state index contributed by atoms with van der Waals surface area (Å²) in [4.78, 5) is 9.36. The van der Waals surface area contributed by atoms with E-state index in [1.807, 2.05) is 30.3 Å². The molecule has 29 heavy (non-hydrogen) atoms. The number of benzene rings is 3. The number of imidazole rings is 1. The van der Waals surface area contributed by atoms with Crippen LogP contribution in [0, 0.1) is 0 Å². The minimum absolute atomic E-state index is 0.139. The van der Waals surface area contributed by atoms with Crippen molar-refractivity contribution in [1.82, 2.24) is 9.55 Å². The molecule has 0 aliphatic heterocycles. The first-order valence-electron chi connectivity index (χ1n) is 9.78. The molecule has 0 amide bonds. The van der Waals surface area contributed by atoms with Gasteiger partial charge in [0.2, 0.25) is 5.95 Å². The van der Waals surface area contributed by atoms with Crippen molar-refractivity contribution in [1.29, 1.82) is 0 Å². The van der Waals surface area contributed by atoms with Gasteiger partial charge in [0.15, 0.2) is 0 Å². The molecule has 4 nitrogen and oxygen atoms in total. The van der Waals surface area contributed by atoms with Gasteiger partial charge in [0, 0.05) is 6.21 Å². The van der Waals surface area contributed by atoms with E-state index in [9.17, 15) is 5.11 Å². The third-order valence-electron chi connectivity index (χ3n) is 5.02. The SMILES string of the molecule is CC(C)(C)c1ccc(Cn2c(N=Cc3ccc(O)cc3)nc3ccccc32)cc1. The van der Waals surface area contributed by atoms with Crippen LogP contribution in [0.25, 0.3) is 11.0 Å². The fraction of sp³-hybridized carbons (Fsp3) is 0.200. The highest BCUT2D eigenvalue weighted by molar-refractivity contribution is 5.84. The number of aromatic hydroxyl groups is 1. The van der Waals surface area contributed by atoms with Crippen LogP contribution in [0.2, 0.25) is 0 Å². The molecule has 4 heteroatoms. The number of aromatic nitrogens is 2. The van der Waals surface area contributed by atoms with E-state index in [-0.39, 0.29) is 11.2 Å². The minimum atomic E-state index is 0.139. The van der Waals surface area contributed by atoms with Crippen molar-refractivity contribution < 1.29 is 5.11 Å². The second kappa shape index (κ2) is 7.55.